The van der Waals surface area contributed by atoms with E-state index in [-0.39, 0.29) is 18.9 Å². The normalized spacial score (nSPS) is 11.5. The minimum atomic E-state index is 0. The van der Waals surface area contributed by atoms with E-state index in [0.717, 1.165) is 67.3 Å². The molecular weight excluding hydrogens is 1340 g/mol. The van der Waals surface area contributed by atoms with Gasteiger partial charge in [-0.05, 0) is 238 Å². The molecule has 0 saturated heterocycles. The molecule has 22 aromatic rings. The topological polar surface area (TPSA) is 35.6 Å². The fraction of sp³-hybridized carbons (Fsp3) is 0. The predicted molar refractivity (Wildman–Crippen MR) is 471 cm³/mol. The summed E-state index contributed by atoms with van der Waals surface area (Å²) >= 11 is 0. The molecule has 0 bridgehead atoms. The molecule has 513 valence electrons. The first-order chi connectivity index (χ1) is 54.5. The molecule has 4 nitrogen and oxygen atoms in total. The second-order valence-corrected chi connectivity index (χ2v) is 28.7. The number of nitrogens with zero attached hydrogens (tertiary/aromatic N) is 4. The molecular formula is C106H68LiN4. The molecule has 0 aliphatic heterocycles. The summed E-state index contributed by atoms with van der Waals surface area (Å²) in [5, 5.41) is 19.9. The summed E-state index contributed by atoms with van der Waals surface area (Å²) in [4.78, 5) is 10.2. The summed E-state index contributed by atoms with van der Waals surface area (Å²) in [7, 11) is 0. The van der Waals surface area contributed by atoms with Crippen molar-refractivity contribution in [3.05, 3.63) is 413 Å². The van der Waals surface area contributed by atoms with Crippen molar-refractivity contribution in [2.24, 2.45) is 0 Å². The van der Waals surface area contributed by atoms with Crippen molar-refractivity contribution in [1.82, 2.24) is 19.1 Å². The first-order valence-corrected chi connectivity index (χ1v) is 37.7. The van der Waals surface area contributed by atoms with Crippen LogP contribution in [0.1, 0.15) is 0 Å². The molecule has 0 N–H and O–H groups in total. The predicted octanol–water partition coefficient (Wildman–Crippen LogP) is 28.2. The van der Waals surface area contributed by atoms with Crippen LogP contribution < -0.4 is 0 Å². The van der Waals surface area contributed by atoms with E-state index < -0.39 is 0 Å². The third-order valence-electron chi connectivity index (χ3n) is 22.3. The maximum absolute atomic E-state index is 5.12. The quantitative estimate of drug-likeness (QED) is 0.101. The number of imidazole rings is 2. The number of para-hydroxylation sites is 6. The second-order valence-electron chi connectivity index (χ2n) is 28.7. The zero-order chi connectivity index (χ0) is 72.6. The Morgan fingerprint density at radius 2 is 0.405 bits per heavy atom. The van der Waals surface area contributed by atoms with Crippen LogP contribution in [-0.4, -0.2) is 38.0 Å². The van der Waals surface area contributed by atoms with Gasteiger partial charge in [-0.3, -0.25) is 9.13 Å². The monoisotopic (exact) mass is 1400 g/mol. The van der Waals surface area contributed by atoms with Gasteiger partial charge in [-0.1, -0.05) is 328 Å². The Labute approximate surface area is 654 Å². The third kappa shape index (κ3) is 11.8. The van der Waals surface area contributed by atoms with Crippen LogP contribution in [0.25, 0.3) is 209 Å². The Morgan fingerprint density at radius 1 is 0.162 bits per heavy atom. The summed E-state index contributed by atoms with van der Waals surface area (Å²) in [6.07, 6.45) is 0. The molecule has 0 atom stereocenters. The largest absolute Gasteiger partial charge is 0.292 e. The fourth-order valence-electron chi connectivity index (χ4n) is 17.1. The number of hydrogen-bond acceptors (Lipinski definition) is 2. The van der Waals surface area contributed by atoms with Crippen LogP contribution in [-0.2, 0) is 0 Å². The van der Waals surface area contributed by atoms with Crippen LogP contribution in [0.2, 0.25) is 0 Å². The van der Waals surface area contributed by atoms with Crippen molar-refractivity contribution in [2.45, 2.75) is 0 Å². The number of fused-ring (bicyclic) bond motifs is 10. The summed E-state index contributed by atoms with van der Waals surface area (Å²) in [6.45, 7) is 0. The number of aromatic nitrogens is 4. The third-order valence-corrected chi connectivity index (χ3v) is 22.3. The molecule has 5 heteroatoms. The minimum absolute atomic E-state index is 0. The smallest absolute Gasteiger partial charge is 0.145 e. The van der Waals surface area contributed by atoms with E-state index in [9.17, 15) is 0 Å². The van der Waals surface area contributed by atoms with Crippen molar-refractivity contribution >= 4 is 127 Å². The van der Waals surface area contributed by atoms with Gasteiger partial charge in [0.15, 0.2) is 0 Å². The van der Waals surface area contributed by atoms with Crippen molar-refractivity contribution in [1.29, 1.82) is 0 Å². The summed E-state index contributed by atoms with van der Waals surface area (Å²) in [5.41, 5.74) is 23.1. The molecule has 0 saturated carbocycles. The van der Waals surface area contributed by atoms with Crippen LogP contribution in [0.3, 0.4) is 0 Å². The summed E-state index contributed by atoms with van der Waals surface area (Å²) in [5.74, 6) is 1.87. The first-order valence-electron chi connectivity index (χ1n) is 37.7. The SMILES string of the molecule is [Li].c1ccc(-n2c(-c3ccc(-c4ccc5c(-c6ccc7ccccc7c6)c6ccccc6c(-c6ccc7ccccc7c6)c5c4)cc3)nc3ccccc32)cc1.c1ccc(-n2c(-c3ccc(-c4ccc5c(-c6ccc7ccccc7c6)c6ccccc6c(-c6ccc7ccccc7c6)c5c4)cc3)nc3ccccc32)cc1. The van der Waals surface area contributed by atoms with Gasteiger partial charge in [-0.25, -0.2) is 9.97 Å². The Kier molecular flexibility index (Phi) is 16.8. The van der Waals surface area contributed by atoms with Crippen LogP contribution in [0.5, 0.6) is 0 Å². The molecule has 22 rings (SSSR count). The molecule has 111 heavy (non-hydrogen) atoms. The Balaban J connectivity index is 0.000000144. The van der Waals surface area contributed by atoms with Gasteiger partial charge in [0.25, 0.3) is 0 Å². The standard InChI is InChI=1S/2C53H34N2.Li/c2*1-2-16-44(17-3-1)55-50-21-11-10-20-49(50)54-53(55)38-26-22-37(23-27-38)41-30-31-47-48(34-41)52(43-29-25-36-13-5-7-15-40(36)33-43)46-19-9-8-18-45(46)51(47)42-28-24-35-12-4-6-14-39(35)32-42;/h2*1-34H;. The maximum Gasteiger partial charge on any atom is 0.145 e. The molecule has 20 aromatic carbocycles. The van der Waals surface area contributed by atoms with Crippen LogP contribution >= 0.6 is 0 Å². The average Bonchev–Trinajstić information content (AvgIpc) is 1.63. The van der Waals surface area contributed by atoms with E-state index in [1.54, 1.807) is 0 Å². The van der Waals surface area contributed by atoms with Gasteiger partial charge in [0, 0.05) is 41.4 Å². The molecule has 0 unspecified atom stereocenters. The molecule has 2 aromatic heterocycles. The number of benzene rings is 20. The molecule has 2 heterocycles. The van der Waals surface area contributed by atoms with E-state index in [1.165, 1.54) is 142 Å². The maximum atomic E-state index is 5.12. The fourth-order valence-corrected chi connectivity index (χ4v) is 17.1. The Morgan fingerprint density at radius 3 is 0.739 bits per heavy atom. The van der Waals surface area contributed by atoms with E-state index in [0.29, 0.717) is 0 Å². The van der Waals surface area contributed by atoms with E-state index >= 15 is 0 Å². The van der Waals surface area contributed by atoms with Gasteiger partial charge < -0.3 is 0 Å². The first kappa shape index (κ1) is 66.5. The van der Waals surface area contributed by atoms with Gasteiger partial charge >= 0.3 is 0 Å². The molecule has 0 aliphatic rings. The van der Waals surface area contributed by atoms with Crippen molar-refractivity contribution in [2.75, 3.05) is 0 Å². The van der Waals surface area contributed by atoms with Crippen molar-refractivity contribution < 1.29 is 0 Å². The van der Waals surface area contributed by atoms with Crippen LogP contribution in [0, 0.1) is 0 Å². The van der Waals surface area contributed by atoms with Gasteiger partial charge in [-0.2, -0.15) is 0 Å². The Bertz CT molecular complexity index is 6940. The molecule has 0 aliphatic carbocycles. The zero-order valence-electron chi connectivity index (χ0n) is 61.0. The second kappa shape index (κ2) is 28.0. The molecule has 0 fully saturated rings. The zero-order valence-corrected chi connectivity index (χ0v) is 61.0. The van der Waals surface area contributed by atoms with Crippen molar-refractivity contribution in [3.63, 3.8) is 0 Å². The van der Waals surface area contributed by atoms with Gasteiger partial charge in [0.2, 0.25) is 0 Å². The molecule has 0 spiro atoms. The van der Waals surface area contributed by atoms with Crippen LogP contribution in [0.15, 0.2) is 413 Å². The van der Waals surface area contributed by atoms with Gasteiger partial charge in [-0.15, -0.1) is 0 Å². The molecule has 1 radical (unpaired) electrons. The van der Waals surface area contributed by atoms with E-state index in [1.807, 2.05) is 0 Å². The van der Waals surface area contributed by atoms with Crippen LogP contribution in [0.4, 0.5) is 0 Å². The minimum Gasteiger partial charge on any atom is -0.292 e. The summed E-state index contributed by atoms with van der Waals surface area (Å²) < 4.78 is 4.52. The van der Waals surface area contributed by atoms with Crippen molar-refractivity contribution in [3.8, 4) is 101 Å². The van der Waals surface area contributed by atoms with E-state index in [2.05, 4.69) is 422 Å². The van der Waals surface area contributed by atoms with Gasteiger partial charge in [0.05, 0.1) is 22.1 Å². The van der Waals surface area contributed by atoms with E-state index in [4.69, 9.17) is 9.97 Å². The number of hydrogen-bond donors (Lipinski definition) is 0. The Hall–Kier alpha value is -14.0. The average molecular weight is 1400 g/mol. The van der Waals surface area contributed by atoms with Gasteiger partial charge in [0.1, 0.15) is 11.6 Å². The summed E-state index contributed by atoms with van der Waals surface area (Å²) in [6, 6.07) is 150. The molecule has 0 amide bonds. The number of rotatable bonds is 10.